The number of nitrogens with zero attached hydrogens (tertiary/aromatic N) is 6. The standard InChI is InChI=1S/C10H13N7O3/c1-19-9-14-7(15-10(16-9)20-2)3-12-8(18)4-17-6-11-5-13-17/h5-6H,3-4H2,1-2H3,(H,12,18). The molecule has 0 atom stereocenters. The van der Waals surface area contributed by atoms with Crippen LogP contribution in [0.3, 0.4) is 0 Å². The molecule has 2 aromatic heterocycles. The number of rotatable bonds is 6. The van der Waals surface area contributed by atoms with Crippen LogP contribution in [-0.2, 0) is 17.9 Å². The fraction of sp³-hybridized carbons (Fsp3) is 0.400. The van der Waals surface area contributed by atoms with Gasteiger partial charge in [0.2, 0.25) is 5.91 Å². The van der Waals surface area contributed by atoms with E-state index >= 15 is 0 Å². The summed E-state index contributed by atoms with van der Waals surface area (Å²) < 4.78 is 11.2. The van der Waals surface area contributed by atoms with Crippen LogP contribution in [0.4, 0.5) is 0 Å². The average Bonchev–Trinajstić information content (AvgIpc) is 2.97. The van der Waals surface area contributed by atoms with Crippen LogP contribution in [0.2, 0.25) is 0 Å². The van der Waals surface area contributed by atoms with Gasteiger partial charge in [0.1, 0.15) is 19.2 Å². The summed E-state index contributed by atoms with van der Waals surface area (Å²) in [6.07, 6.45) is 2.81. The Kier molecular flexibility index (Phi) is 4.37. The Morgan fingerprint density at radius 3 is 2.50 bits per heavy atom. The molecule has 1 amide bonds. The number of ether oxygens (including phenoxy) is 2. The third-order valence-corrected chi connectivity index (χ3v) is 2.22. The monoisotopic (exact) mass is 279 g/mol. The maximum absolute atomic E-state index is 11.7. The maximum atomic E-state index is 11.7. The second-order valence-electron chi connectivity index (χ2n) is 3.59. The molecule has 0 saturated carbocycles. The first-order valence-electron chi connectivity index (χ1n) is 5.63. The van der Waals surface area contributed by atoms with Gasteiger partial charge < -0.3 is 14.8 Å². The smallest absolute Gasteiger partial charge is 0.322 e. The van der Waals surface area contributed by atoms with Crippen LogP contribution in [0.5, 0.6) is 12.0 Å². The van der Waals surface area contributed by atoms with Crippen molar-refractivity contribution in [3.63, 3.8) is 0 Å². The third-order valence-electron chi connectivity index (χ3n) is 2.22. The normalized spacial score (nSPS) is 10.1. The van der Waals surface area contributed by atoms with Crippen LogP contribution in [0, 0.1) is 0 Å². The van der Waals surface area contributed by atoms with Crippen molar-refractivity contribution >= 4 is 5.91 Å². The Hall–Kier alpha value is -2.78. The molecule has 10 nitrogen and oxygen atoms in total. The highest BCUT2D eigenvalue weighted by molar-refractivity contribution is 5.75. The number of nitrogens with one attached hydrogen (secondary N) is 1. The lowest BCUT2D eigenvalue weighted by atomic mass is 10.5. The molecular formula is C10H13N7O3. The minimum Gasteiger partial charge on any atom is -0.467 e. The van der Waals surface area contributed by atoms with Gasteiger partial charge in [0.05, 0.1) is 20.8 Å². The summed E-state index contributed by atoms with van der Waals surface area (Å²) in [6, 6.07) is 0.245. The molecule has 2 rings (SSSR count). The van der Waals surface area contributed by atoms with Crippen LogP contribution in [-0.4, -0.2) is 49.8 Å². The molecule has 20 heavy (non-hydrogen) atoms. The summed E-state index contributed by atoms with van der Waals surface area (Å²) >= 11 is 0. The summed E-state index contributed by atoms with van der Waals surface area (Å²) in [6.45, 7) is 0.197. The molecule has 0 aliphatic heterocycles. The molecule has 1 N–H and O–H groups in total. The second-order valence-corrected chi connectivity index (χ2v) is 3.59. The molecular weight excluding hydrogens is 266 g/mol. The van der Waals surface area contributed by atoms with Crippen LogP contribution < -0.4 is 14.8 Å². The molecule has 0 unspecified atom stereocenters. The first-order chi connectivity index (χ1) is 9.71. The first kappa shape index (κ1) is 13.6. The van der Waals surface area contributed by atoms with Crippen LogP contribution in [0.25, 0.3) is 0 Å². The van der Waals surface area contributed by atoms with Gasteiger partial charge in [-0.05, 0) is 0 Å². The van der Waals surface area contributed by atoms with Gasteiger partial charge in [-0.15, -0.1) is 4.98 Å². The Bertz CT molecular complexity index is 550. The van der Waals surface area contributed by atoms with Crippen molar-refractivity contribution in [1.82, 2.24) is 35.0 Å². The molecule has 0 aromatic carbocycles. The van der Waals surface area contributed by atoms with E-state index in [1.807, 2.05) is 0 Å². The molecule has 0 aliphatic carbocycles. The molecule has 0 saturated heterocycles. The molecule has 2 aromatic rings. The zero-order valence-electron chi connectivity index (χ0n) is 11.0. The molecule has 0 radical (unpaired) electrons. The second kappa shape index (κ2) is 6.41. The van der Waals surface area contributed by atoms with Crippen LogP contribution >= 0.6 is 0 Å². The first-order valence-corrected chi connectivity index (χ1v) is 5.63. The van der Waals surface area contributed by atoms with E-state index in [-0.39, 0.29) is 31.0 Å². The predicted octanol–water partition coefficient (Wildman–Crippen LogP) is -1.20. The molecule has 0 bridgehead atoms. The number of carbonyl (C=O) groups is 1. The van der Waals surface area contributed by atoms with Crippen LogP contribution in [0.15, 0.2) is 12.7 Å². The Balaban J connectivity index is 1.94. The van der Waals surface area contributed by atoms with Crippen molar-refractivity contribution < 1.29 is 14.3 Å². The summed E-state index contributed by atoms with van der Waals surface area (Å²) in [5, 5.41) is 6.48. The zero-order valence-corrected chi connectivity index (χ0v) is 11.0. The molecule has 0 aliphatic rings. The van der Waals surface area contributed by atoms with Crippen molar-refractivity contribution in [1.29, 1.82) is 0 Å². The lowest BCUT2D eigenvalue weighted by molar-refractivity contribution is -0.122. The number of methoxy groups -OCH3 is 2. The Morgan fingerprint density at radius 1 is 1.25 bits per heavy atom. The van der Waals surface area contributed by atoms with Crippen LogP contribution in [0.1, 0.15) is 5.82 Å². The summed E-state index contributed by atoms with van der Waals surface area (Å²) in [4.78, 5) is 27.3. The van der Waals surface area contributed by atoms with E-state index in [2.05, 4.69) is 30.4 Å². The predicted molar refractivity (Wildman–Crippen MR) is 64.8 cm³/mol. The SMILES string of the molecule is COc1nc(CNC(=O)Cn2cncn2)nc(OC)n1. The summed E-state index contributed by atoms with van der Waals surface area (Å²) in [5.41, 5.74) is 0. The van der Waals surface area contributed by atoms with Gasteiger partial charge in [0.15, 0.2) is 5.82 Å². The molecule has 2 heterocycles. The van der Waals surface area contributed by atoms with Gasteiger partial charge in [-0.1, -0.05) is 0 Å². The molecule has 106 valence electrons. The molecule has 0 fully saturated rings. The number of aromatic nitrogens is 6. The van der Waals surface area contributed by atoms with Crippen molar-refractivity contribution in [2.24, 2.45) is 0 Å². The van der Waals surface area contributed by atoms with Gasteiger partial charge in [-0.3, -0.25) is 4.79 Å². The number of hydrogen-bond acceptors (Lipinski definition) is 8. The van der Waals surface area contributed by atoms with Crippen molar-refractivity contribution in [3.05, 3.63) is 18.5 Å². The molecule has 10 heteroatoms. The lowest BCUT2D eigenvalue weighted by Crippen LogP contribution is -2.28. The molecule has 0 spiro atoms. The lowest BCUT2D eigenvalue weighted by Gasteiger charge is -2.06. The minimum atomic E-state index is -0.242. The number of amides is 1. The van der Waals surface area contributed by atoms with Gasteiger partial charge in [-0.25, -0.2) is 9.67 Å². The summed E-state index contributed by atoms with van der Waals surface area (Å²) in [5.74, 6) is 0.0921. The number of hydrogen-bond donors (Lipinski definition) is 1. The van der Waals surface area contributed by atoms with Gasteiger partial charge >= 0.3 is 12.0 Å². The quantitative estimate of drug-likeness (QED) is 0.700. The van der Waals surface area contributed by atoms with E-state index in [1.165, 1.54) is 31.6 Å². The third kappa shape index (κ3) is 3.60. The van der Waals surface area contributed by atoms with Crippen molar-refractivity contribution in [3.8, 4) is 12.0 Å². The highest BCUT2D eigenvalue weighted by Gasteiger charge is 2.09. The van der Waals surface area contributed by atoms with E-state index in [0.29, 0.717) is 5.82 Å². The fourth-order valence-electron chi connectivity index (χ4n) is 1.33. The van der Waals surface area contributed by atoms with Gasteiger partial charge in [0.25, 0.3) is 0 Å². The maximum Gasteiger partial charge on any atom is 0.322 e. The largest absolute Gasteiger partial charge is 0.467 e. The van der Waals surface area contributed by atoms with E-state index in [1.54, 1.807) is 0 Å². The van der Waals surface area contributed by atoms with E-state index < -0.39 is 0 Å². The van der Waals surface area contributed by atoms with E-state index in [9.17, 15) is 4.79 Å². The highest BCUT2D eigenvalue weighted by Crippen LogP contribution is 2.08. The Labute approximate surface area is 114 Å². The average molecular weight is 279 g/mol. The van der Waals surface area contributed by atoms with Crippen molar-refractivity contribution in [2.45, 2.75) is 13.1 Å². The van der Waals surface area contributed by atoms with Gasteiger partial charge in [-0.2, -0.15) is 15.1 Å². The van der Waals surface area contributed by atoms with Crippen molar-refractivity contribution in [2.75, 3.05) is 14.2 Å². The number of carbonyl (C=O) groups excluding carboxylic acids is 1. The van der Waals surface area contributed by atoms with Gasteiger partial charge in [0, 0.05) is 0 Å². The minimum absolute atomic E-state index is 0.0688. The topological polar surface area (TPSA) is 117 Å². The Morgan fingerprint density at radius 2 is 1.95 bits per heavy atom. The van der Waals surface area contributed by atoms with E-state index in [4.69, 9.17) is 9.47 Å². The fourth-order valence-corrected chi connectivity index (χ4v) is 1.33. The zero-order chi connectivity index (χ0) is 14.4. The highest BCUT2D eigenvalue weighted by atomic mass is 16.5. The van der Waals surface area contributed by atoms with E-state index in [0.717, 1.165) is 0 Å². The summed E-state index contributed by atoms with van der Waals surface area (Å²) in [7, 11) is 2.86.